The number of nitrogens with one attached hydrogen (secondary N) is 1. The number of hydrogen-bond donors (Lipinski definition) is 2. The molecule has 21 heavy (non-hydrogen) atoms. The lowest BCUT2D eigenvalue weighted by molar-refractivity contribution is -0.143. The van der Waals surface area contributed by atoms with Gasteiger partial charge in [0.05, 0.1) is 12.0 Å². The van der Waals surface area contributed by atoms with Crippen LogP contribution in [0.2, 0.25) is 0 Å². The molecular weight excluding hydrogens is 270 g/mol. The topological polar surface area (TPSA) is 92.5 Å². The van der Waals surface area contributed by atoms with E-state index in [9.17, 15) is 14.4 Å². The first-order chi connectivity index (χ1) is 9.60. The Hall–Kier alpha value is -1.43. The Bertz CT molecular complexity index is 483. The second-order valence-electron chi connectivity index (χ2n) is 7.25. The van der Waals surface area contributed by atoms with E-state index in [1.54, 1.807) is 13.8 Å². The van der Waals surface area contributed by atoms with Crippen LogP contribution in [0.25, 0.3) is 0 Å². The normalized spacial score (nSPS) is 24.5. The predicted molar refractivity (Wildman–Crippen MR) is 78.0 cm³/mol. The Morgan fingerprint density at radius 3 is 2.33 bits per heavy atom. The molecule has 0 bridgehead atoms. The van der Waals surface area contributed by atoms with Crippen LogP contribution in [0, 0.1) is 11.3 Å². The van der Waals surface area contributed by atoms with Crippen LogP contribution in [0.5, 0.6) is 0 Å². The number of hydrogen-bond acceptors (Lipinski definition) is 4. The Balaban J connectivity index is 2.29. The molecule has 1 heterocycles. The highest BCUT2D eigenvalue weighted by molar-refractivity contribution is 6.06. The van der Waals surface area contributed by atoms with Gasteiger partial charge in [0, 0.05) is 12.5 Å². The van der Waals surface area contributed by atoms with Crippen molar-refractivity contribution in [3.63, 3.8) is 0 Å². The van der Waals surface area contributed by atoms with Gasteiger partial charge in [0.15, 0.2) is 0 Å². The molecule has 1 unspecified atom stereocenters. The number of nitrogens with zero attached hydrogens (tertiary/aromatic N) is 1. The van der Waals surface area contributed by atoms with Crippen molar-refractivity contribution in [2.45, 2.75) is 58.5 Å². The first-order valence-electron chi connectivity index (χ1n) is 7.52. The monoisotopic (exact) mass is 295 g/mol. The van der Waals surface area contributed by atoms with E-state index in [0.717, 1.165) is 12.8 Å². The molecule has 1 atom stereocenters. The van der Waals surface area contributed by atoms with Crippen LogP contribution < -0.4 is 11.1 Å². The van der Waals surface area contributed by atoms with Crippen LogP contribution in [0.3, 0.4) is 0 Å². The molecule has 2 rings (SSSR count). The average molecular weight is 295 g/mol. The van der Waals surface area contributed by atoms with Gasteiger partial charge >= 0.3 is 0 Å². The zero-order chi connectivity index (χ0) is 16.0. The maximum atomic E-state index is 12.4. The minimum Gasteiger partial charge on any atom is -0.368 e. The molecule has 2 fully saturated rings. The lowest BCUT2D eigenvalue weighted by atomic mass is 9.89. The van der Waals surface area contributed by atoms with Crippen molar-refractivity contribution in [1.82, 2.24) is 10.2 Å². The summed E-state index contributed by atoms with van der Waals surface area (Å²) >= 11 is 0. The quantitative estimate of drug-likeness (QED) is 0.694. The number of amides is 3. The summed E-state index contributed by atoms with van der Waals surface area (Å²) < 4.78 is 0. The highest BCUT2D eigenvalue weighted by atomic mass is 16.2. The summed E-state index contributed by atoms with van der Waals surface area (Å²) in [6.07, 6.45) is 1.97. The molecule has 2 aliphatic rings. The number of carbonyl (C=O) groups excluding carboxylic acids is 3. The van der Waals surface area contributed by atoms with E-state index < -0.39 is 16.9 Å². The highest BCUT2D eigenvalue weighted by Gasteiger charge is 2.55. The summed E-state index contributed by atoms with van der Waals surface area (Å²) in [6.45, 7) is 7.42. The number of primary amides is 1. The van der Waals surface area contributed by atoms with Gasteiger partial charge in [-0.15, -0.1) is 0 Å². The zero-order valence-corrected chi connectivity index (χ0v) is 13.2. The number of likely N-dealkylation sites (tertiary alicyclic amines) is 1. The summed E-state index contributed by atoms with van der Waals surface area (Å²) in [6, 6.07) is 0.0407. The molecule has 6 heteroatoms. The van der Waals surface area contributed by atoms with Gasteiger partial charge in [-0.3, -0.25) is 24.6 Å². The largest absolute Gasteiger partial charge is 0.368 e. The highest BCUT2D eigenvalue weighted by Crippen LogP contribution is 2.42. The Kier molecular flexibility index (Phi) is 3.86. The Morgan fingerprint density at radius 1 is 1.43 bits per heavy atom. The zero-order valence-electron chi connectivity index (χ0n) is 13.2. The maximum absolute atomic E-state index is 12.4. The van der Waals surface area contributed by atoms with Crippen molar-refractivity contribution in [3.8, 4) is 0 Å². The summed E-state index contributed by atoms with van der Waals surface area (Å²) in [5, 5.41) is 3.23. The molecule has 0 aromatic carbocycles. The molecule has 6 nitrogen and oxygen atoms in total. The van der Waals surface area contributed by atoms with Crippen molar-refractivity contribution in [2.24, 2.45) is 17.1 Å². The third-order valence-electron chi connectivity index (χ3n) is 4.39. The van der Waals surface area contributed by atoms with Gasteiger partial charge in [-0.2, -0.15) is 0 Å². The van der Waals surface area contributed by atoms with Crippen molar-refractivity contribution in [3.05, 3.63) is 0 Å². The summed E-state index contributed by atoms with van der Waals surface area (Å²) in [5.41, 5.74) is 3.95. The molecule has 0 spiro atoms. The third kappa shape index (κ3) is 2.81. The Morgan fingerprint density at radius 2 is 2.00 bits per heavy atom. The van der Waals surface area contributed by atoms with Crippen LogP contribution in [-0.4, -0.2) is 40.7 Å². The van der Waals surface area contributed by atoms with Gasteiger partial charge in [0.25, 0.3) is 0 Å². The lowest BCUT2D eigenvalue weighted by Crippen LogP contribution is -2.65. The maximum Gasteiger partial charge on any atom is 0.239 e. The second kappa shape index (κ2) is 5.09. The van der Waals surface area contributed by atoms with E-state index in [2.05, 4.69) is 5.32 Å². The second-order valence-corrected chi connectivity index (χ2v) is 7.25. The predicted octanol–water partition coefficient (Wildman–Crippen LogP) is 0.404. The van der Waals surface area contributed by atoms with Gasteiger partial charge in [0.2, 0.25) is 17.7 Å². The molecule has 0 aromatic rings. The van der Waals surface area contributed by atoms with E-state index in [1.807, 2.05) is 13.8 Å². The summed E-state index contributed by atoms with van der Waals surface area (Å²) in [5.74, 6) is -0.822. The minimum absolute atomic E-state index is 0.0407. The van der Waals surface area contributed by atoms with E-state index in [4.69, 9.17) is 5.73 Å². The summed E-state index contributed by atoms with van der Waals surface area (Å²) in [4.78, 5) is 37.9. The average Bonchev–Trinajstić information content (AvgIpc) is 3.13. The first kappa shape index (κ1) is 15.9. The smallest absolute Gasteiger partial charge is 0.239 e. The SMILES string of the molecule is CC(C)NC(CN1C(=O)CC(C)(C)C1=O)(C(N)=O)C1CC1. The molecule has 3 amide bonds. The first-order valence-corrected chi connectivity index (χ1v) is 7.52. The fourth-order valence-electron chi connectivity index (χ4n) is 3.17. The van der Waals surface area contributed by atoms with E-state index in [0.29, 0.717) is 0 Å². The van der Waals surface area contributed by atoms with Crippen molar-refractivity contribution in [1.29, 1.82) is 0 Å². The molecule has 0 radical (unpaired) electrons. The van der Waals surface area contributed by atoms with Crippen LogP contribution in [0.15, 0.2) is 0 Å². The number of rotatable bonds is 6. The Labute approximate surface area is 125 Å². The standard InChI is InChI=1S/C15H25N3O3/c1-9(2)17-15(12(16)20,10-5-6-10)8-18-11(19)7-14(3,4)13(18)21/h9-10,17H,5-8H2,1-4H3,(H2,16,20). The van der Waals surface area contributed by atoms with Gasteiger partial charge in [-0.25, -0.2) is 0 Å². The van der Waals surface area contributed by atoms with Gasteiger partial charge in [-0.05, 0) is 32.6 Å². The number of nitrogens with two attached hydrogens (primary N) is 1. The van der Waals surface area contributed by atoms with Gasteiger partial charge in [-0.1, -0.05) is 13.8 Å². The van der Waals surface area contributed by atoms with Crippen LogP contribution in [0.1, 0.15) is 47.0 Å². The molecule has 1 aliphatic heterocycles. The van der Waals surface area contributed by atoms with Crippen molar-refractivity contribution in [2.75, 3.05) is 6.54 Å². The molecular formula is C15H25N3O3. The van der Waals surface area contributed by atoms with E-state index >= 15 is 0 Å². The molecule has 1 saturated heterocycles. The molecule has 3 N–H and O–H groups in total. The van der Waals surface area contributed by atoms with Gasteiger partial charge < -0.3 is 5.73 Å². The fourth-order valence-corrected chi connectivity index (χ4v) is 3.17. The van der Waals surface area contributed by atoms with Gasteiger partial charge in [0.1, 0.15) is 5.54 Å². The van der Waals surface area contributed by atoms with E-state index in [1.165, 1.54) is 4.90 Å². The fraction of sp³-hybridized carbons (Fsp3) is 0.800. The molecule has 0 aromatic heterocycles. The lowest BCUT2D eigenvalue weighted by Gasteiger charge is -2.37. The minimum atomic E-state index is -1.00. The van der Waals surface area contributed by atoms with E-state index in [-0.39, 0.29) is 36.7 Å². The molecule has 118 valence electrons. The molecule has 1 saturated carbocycles. The van der Waals surface area contributed by atoms with Crippen molar-refractivity contribution >= 4 is 17.7 Å². The summed E-state index contributed by atoms with van der Waals surface area (Å²) in [7, 11) is 0. The van der Waals surface area contributed by atoms with Crippen molar-refractivity contribution < 1.29 is 14.4 Å². The van der Waals surface area contributed by atoms with Crippen LogP contribution in [-0.2, 0) is 14.4 Å². The molecule has 1 aliphatic carbocycles. The third-order valence-corrected chi connectivity index (χ3v) is 4.39. The van der Waals surface area contributed by atoms with Crippen LogP contribution >= 0.6 is 0 Å². The van der Waals surface area contributed by atoms with Crippen LogP contribution in [0.4, 0.5) is 0 Å². The number of imide groups is 1. The number of carbonyl (C=O) groups is 3.